The molecule has 0 bridgehead atoms. The van der Waals surface area contributed by atoms with Crippen LogP contribution in [0.1, 0.15) is 11.3 Å². The topological polar surface area (TPSA) is 51.2 Å². The Morgan fingerprint density at radius 1 is 1.12 bits per heavy atom. The Labute approximate surface area is 99.2 Å². The van der Waals surface area contributed by atoms with Gasteiger partial charge in [0.05, 0.1) is 17.6 Å². The smallest absolute Gasteiger partial charge is 0.128 e. The summed E-state index contributed by atoms with van der Waals surface area (Å²) in [6.45, 7) is 0. The molecular formula is C14H12N2O. The molecule has 3 rings (SSSR count). The molecule has 3 heteroatoms. The second-order valence-corrected chi connectivity index (χ2v) is 3.88. The molecule has 17 heavy (non-hydrogen) atoms. The lowest BCUT2D eigenvalue weighted by Crippen LogP contribution is -2.05. The third-order valence-electron chi connectivity index (χ3n) is 2.68. The van der Waals surface area contributed by atoms with E-state index in [2.05, 4.69) is 5.32 Å². The molecule has 0 unspecified atom stereocenters. The number of nitrogens with one attached hydrogen (secondary N) is 1. The highest BCUT2D eigenvalue weighted by Crippen LogP contribution is 2.30. The lowest BCUT2D eigenvalue weighted by atomic mass is 10.1. The Morgan fingerprint density at radius 3 is 2.88 bits per heavy atom. The van der Waals surface area contributed by atoms with Gasteiger partial charge in [0.25, 0.3) is 0 Å². The maximum Gasteiger partial charge on any atom is 0.128 e. The van der Waals surface area contributed by atoms with Gasteiger partial charge in [-0.15, -0.1) is 0 Å². The summed E-state index contributed by atoms with van der Waals surface area (Å²) in [5.41, 5.74) is 9.69. The normalized spacial score (nSPS) is 15.6. The summed E-state index contributed by atoms with van der Waals surface area (Å²) in [6, 6.07) is 9.63. The van der Waals surface area contributed by atoms with Gasteiger partial charge in [-0.1, -0.05) is 18.2 Å². The van der Waals surface area contributed by atoms with Gasteiger partial charge in [0.15, 0.2) is 0 Å². The van der Waals surface area contributed by atoms with Gasteiger partial charge in [0.2, 0.25) is 0 Å². The molecule has 2 aromatic rings. The largest absolute Gasteiger partial charge is 0.465 e. The first-order valence-corrected chi connectivity index (χ1v) is 5.42. The van der Waals surface area contributed by atoms with Gasteiger partial charge in [0.1, 0.15) is 5.76 Å². The number of anilines is 2. The molecule has 0 saturated heterocycles. The van der Waals surface area contributed by atoms with E-state index < -0.39 is 0 Å². The van der Waals surface area contributed by atoms with E-state index >= 15 is 0 Å². The van der Waals surface area contributed by atoms with Crippen LogP contribution in [-0.2, 0) is 0 Å². The molecule has 1 aromatic carbocycles. The van der Waals surface area contributed by atoms with Crippen LogP contribution in [0.15, 0.2) is 52.8 Å². The Balaban J connectivity index is 1.98. The SMILES string of the molecule is Nc1cccc2c1NC(=Cc1ccco1)C=C2. The summed E-state index contributed by atoms with van der Waals surface area (Å²) in [6.07, 6.45) is 7.63. The molecule has 1 aliphatic rings. The highest BCUT2D eigenvalue weighted by Gasteiger charge is 2.09. The van der Waals surface area contributed by atoms with Gasteiger partial charge >= 0.3 is 0 Å². The van der Waals surface area contributed by atoms with E-state index in [0.29, 0.717) is 0 Å². The van der Waals surface area contributed by atoms with Crippen molar-refractivity contribution < 1.29 is 4.42 Å². The van der Waals surface area contributed by atoms with Crippen LogP contribution in [0.2, 0.25) is 0 Å². The minimum Gasteiger partial charge on any atom is -0.465 e. The number of fused-ring (bicyclic) bond motifs is 1. The van der Waals surface area contributed by atoms with Crippen LogP contribution in [0, 0.1) is 0 Å². The third-order valence-corrected chi connectivity index (χ3v) is 2.68. The van der Waals surface area contributed by atoms with Gasteiger partial charge < -0.3 is 15.5 Å². The van der Waals surface area contributed by atoms with Crippen LogP contribution in [0.25, 0.3) is 12.2 Å². The molecule has 1 aromatic heterocycles. The number of furan rings is 1. The first-order chi connectivity index (χ1) is 8.33. The first-order valence-electron chi connectivity index (χ1n) is 5.42. The van der Waals surface area contributed by atoms with Crippen LogP contribution < -0.4 is 11.1 Å². The van der Waals surface area contributed by atoms with Crippen molar-refractivity contribution in [1.29, 1.82) is 0 Å². The van der Waals surface area contributed by atoms with Crippen molar-refractivity contribution in [2.75, 3.05) is 11.1 Å². The van der Waals surface area contributed by atoms with Gasteiger partial charge in [-0.2, -0.15) is 0 Å². The van der Waals surface area contributed by atoms with Gasteiger partial charge in [-0.05, 0) is 24.3 Å². The van der Waals surface area contributed by atoms with Crippen LogP contribution in [0.5, 0.6) is 0 Å². The van der Waals surface area contributed by atoms with E-state index in [1.165, 1.54) is 0 Å². The highest BCUT2D eigenvalue weighted by atomic mass is 16.3. The predicted octanol–water partition coefficient (Wildman–Crippen LogP) is 3.34. The molecule has 0 aliphatic carbocycles. The molecule has 0 radical (unpaired) electrons. The van der Waals surface area contributed by atoms with Gasteiger partial charge in [-0.25, -0.2) is 0 Å². The quantitative estimate of drug-likeness (QED) is 0.730. The predicted molar refractivity (Wildman–Crippen MR) is 70.2 cm³/mol. The van der Waals surface area contributed by atoms with Crippen LogP contribution in [-0.4, -0.2) is 0 Å². The Morgan fingerprint density at radius 2 is 2.06 bits per heavy atom. The van der Waals surface area contributed by atoms with E-state index in [1.807, 2.05) is 48.6 Å². The number of nitrogens with two attached hydrogens (primary N) is 1. The number of rotatable bonds is 1. The third kappa shape index (κ3) is 1.83. The molecule has 0 saturated carbocycles. The standard InChI is InChI=1S/C14H12N2O/c15-13-5-1-3-10-6-7-11(16-14(10)13)9-12-4-2-8-17-12/h1-9,16H,15H2. The first kappa shape index (κ1) is 9.78. The van der Waals surface area contributed by atoms with Crippen molar-refractivity contribution in [3.8, 4) is 0 Å². The van der Waals surface area contributed by atoms with Crippen molar-refractivity contribution >= 4 is 23.5 Å². The molecule has 0 atom stereocenters. The number of nitrogen functional groups attached to an aromatic ring is 1. The fraction of sp³-hybridized carbons (Fsp3) is 0. The van der Waals surface area contributed by atoms with E-state index in [4.69, 9.17) is 10.2 Å². The molecule has 1 aliphatic heterocycles. The molecule has 2 heterocycles. The van der Waals surface area contributed by atoms with E-state index in [-0.39, 0.29) is 0 Å². The highest BCUT2D eigenvalue weighted by molar-refractivity contribution is 5.85. The zero-order valence-corrected chi connectivity index (χ0v) is 9.18. The van der Waals surface area contributed by atoms with Gasteiger partial charge in [0, 0.05) is 17.3 Å². The second-order valence-electron chi connectivity index (χ2n) is 3.88. The summed E-state index contributed by atoms with van der Waals surface area (Å²) in [4.78, 5) is 0. The molecule has 84 valence electrons. The number of hydrogen-bond donors (Lipinski definition) is 2. The summed E-state index contributed by atoms with van der Waals surface area (Å²) >= 11 is 0. The van der Waals surface area contributed by atoms with E-state index in [1.54, 1.807) is 6.26 Å². The fourth-order valence-electron chi connectivity index (χ4n) is 1.85. The summed E-state index contributed by atoms with van der Waals surface area (Å²) < 4.78 is 5.27. The monoisotopic (exact) mass is 224 g/mol. The number of allylic oxidation sites excluding steroid dienone is 1. The maximum atomic E-state index is 5.93. The van der Waals surface area contributed by atoms with Crippen molar-refractivity contribution in [3.63, 3.8) is 0 Å². The Kier molecular flexibility index (Phi) is 2.22. The molecule has 0 fully saturated rings. The van der Waals surface area contributed by atoms with Crippen LogP contribution in [0.4, 0.5) is 11.4 Å². The maximum absolute atomic E-state index is 5.93. The van der Waals surface area contributed by atoms with Crippen molar-refractivity contribution in [2.24, 2.45) is 0 Å². The zero-order valence-electron chi connectivity index (χ0n) is 9.18. The number of para-hydroxylation sites is 1. The molecule has 3 nitrogen and oxygen atoms in total. The zero-order chi connectivity index (χ0) is 11.7. The lowest BCUT2D eigenvalue weighted by molar-refractivity contribution is 0.557. The second kappa shape index (κ2) is 3.87. The average molecular weight is 224 g/mol. The number of benzene rings is 1. The number of hydrogen-bond acceptors (Lipinski definition) is 3. The van der Waals surface area contributed by atoms with Crippen LogP contribution in [0.3, 0.4) is 0 Å². The minimum absolute atomic E-state index is 0.747. The van der Waals surface area contributed by atoms with Crippen LogP contribution >= 0.6 is 0 Å². The summed E-state index contributed by atoms with van der Waals surface area (Å²) in [7, 11) is 0. The Bertz CT molecular complexity index is 595. The summed E-state index contributed by atoms with van der Waals surface area (Å²) in [5.74, 6) is 0.815. The Hall–Kier alpha value is -2.42. The van der Waals surface area contributed by atoms with E-state index in [0.717, 1.165) is 28.4 Å². The fourth-order valence-corrected chi connectivity index (χ4v) is 1.85. The minimum atomic E-state index is 0.747. The average Bonchev–Trinajstić information content (AvgIpc) is 2.83. The van der Waals surface area contributed by atoms with Gasteiger partial charge in [-0.3, -0.25) is 0 Å². The summed E-state index contributed by atoms with van der Waals surface area (Å²) in [5, 5.41) is 3.29. The molecule has 3 N–H and O–H groups in total. The van der Waals surface area contributed by atoms with Crippen molar-refractivity contribution in [2.45, 2.75) is 0 Å². The molecule has 0 spiro atoms. The lowest BCUT2D eigenvalue weighted by Gasteiger charge is -2.17. The van der Waals surface area contributed by atoms with Crippen molar-refractivity contribution in [1.82, 2.24) is 0 Å². The molecule has 0 amide bonds. The van der Waals surface area contributed by atoms with E-state index in [9.17, 15) is 0 Å². The van der Waals surface area contributed by atoms with Crippen molar-refractivity contribution in [3.05, 3.63) is 59.7 Å². The molecular weight excluding hydrogens is 212 g/mol.